The summed E-state index contributed by atoms with van der Waals surface area (Å²) in [6.07, 6.45) is 0. The van der Waals surface area contributed by atoms with E-state index in [0.717, 1.165) is 0 Å². The zero-order valence-electron chi connectivity index (χ0n) is 8.14. The third-order valence-electron chi connectivity index (χ3n) is 2.10. The molecule has 1 aromatic heterocycles. The molecule has 0 bridgehead atoms. The number of benzene rings is 1. The van der Waals surface area contributed by atoms with Gasteiger partial charge in [0.15, 0.2) is 5.82 Å². The Morgan fingerprint density at radius 3 is 2.59 bits per heavy atom. The standard InChI is InChI=1S/C11H4BrCl2FOS/c12-6-2-1-5(9(15)8(6)14)10(16)11-7(13)3-4-17-11/h1-4H. The highest BCUT2D eigenvalue weighted by Crippen LogP contribution is 2.31. The molecule has 0 fully saturated rings. The van der Waals surface area contributed by atoms with E-state index in [-0.39, 0.29) is 10.6 Å². The molecule has 1 aromatic carbocycles. The van der Waals surface area contributed by atoms with Gasteiger partial charge < -0.3 is 0 Å². The molecule has 2 aromatic rings. The highest BCUT2D eigenvalue weighted by molar-refractivity contribution is 9.10. The lowest BCUT2D eigenvalue weighted by Crippen LogP contribution is -2.03. The number of carbonyl (C=O) groups excluding carboxylic acids is 1. The zero-order valence-corrected chi connectivity index (χ0v) is 12.1. The lowest BCUT2D eigenvalue weighted by molar-refractivity contribution is 0.103. The van der Waals surface area contributed by atoms with Gasteiger partial charge in [-0.1, -0.05) is 23.2 Å². The van der Waals surface area contributed by atoms with Crippen molar-refractivity contribution in [3.63, 3.8) is 0 Å². The van der Waals surface area contributed by atoms with E-state index in [1.165, 1.54) is 23.5 Å². The Hall–Kier alpha value is -0.420. The van der Waals surface area contributed by atoms with Crippen LogP contribution in [-0.4, -0.2) is 5.78 Å². The second-order valence-electron chi connectivity index (χ2n) is 3.15. The van der Waals surface area contributed by atoms with Crippen LogP contribution in [0, 0.1) is 5.82 Å². The molecule has 0 atom stereocenters. The molecule has 0 unspecified atom stereocenters. The van der Waals surface area contributed by atoms with Gasteiger partial charge in [-0.05, 0) is 39.5 Å². The first-order valence-electron chi connectivity index (χ1n) is 4.43. The number of rotatable bonds is 2. The summed E-state index contributed by atoms with van der Waals surface area (Å²) in [5, 5.41) is 1.88. The molecular formula is C11H4BrCl2FOS. The molecule has 17 heavy (non-hydrogen) atoms. The second kappa shape index (κ2) is 5.06. The summed E-state index contributed by atoms with van der Waals surface area (Å²) in [7, 11) is 0. The summed E-state index contributed by atoms with van der Waals surface area (Å²) < 4.78 is 14.2. The molecule has 0 saturated carbocycles. The first-order valence-corrected chi connectivity index (χ1v) is 6.86. The first-order chi connectivity index (χ1) is 8.02. The zero-order chi connectivity index (χ0) is 12.6. The molecule has 1 heterocycles. The van der Waals surface area contributed by atoms with Gasteiger partial charge in [-0.2, -0.15) is 0 Å². The van der Waals surface area contributed by atoms with E-state index in [1.54, 1.807) is 11.4 Å². The highest BCUT2D eigenvalue weighted by atomic mass is 79.9. The van der Waals surface area contributed by atoms with Crippen molar-refractivity contribution in [1.29, 1.82) is 0 Å². The molecule has 0 aliphatic carbocycles. The van der Waals surface area contributed by atoms with Crippen molar-refractivity contribution in [2.45, 2.75) is 0 Å². The quantitative estimate of drug-likeness (QED) is 0.536. The van der Waals surface area contributed by atoms with Gasteiger partial charge in [-0.15, -0.1) is 11.3 Å². The van der Waals surface area contributed by atoms with Crippen molar-refractivity contribution < 1.29 is 9.18 Å². The van der Waals surface area contributed by atoms with Crippen LogP contribution in [0.25, 0.3) is 0 Å². The molecule has 2 rings (SSSR count). The Morgan fingerprint density at radius 1 is 1.29 bits per heavy atom. The lowest BCUT2D eigenvalue weighted by atomic mass is 10.1. The molecule has 0 N–H and O–H groups in total. The van der Waals surface area contributed by atoms with Crippen LogP contribution in [0.3, 0.4) is 0 Å². The SMILES string of the molecule is O=C(c1ccc(Br)c(Cl)c1F)c1sccc1Cl. The number of halogens is 4. The minimum absolute atomic E-state index is 0.0810. The van der Waals surface area contributed by atoms with Crippen LogP contribution in [0.1, 0.15) is 15.2 Å². The Morgan fingerprint density at radius 2 is 2.00 bits per heavy atom. The average molecular weight is 354 g/mol. The molecule has 0 saturated heterocycles. The van der Waals surface area contributed by atoms with Gasteiger partial charge in [0.05, 0.1) is 20.5 Å². The van der Waals surface area contributed by atoms with E-state index in [9.17, 15) is 9.18 Å². The van der Waals surface area contributed by atoms with Crippen molar-refractivity contribution >= 4 is 56.3 Å². The van der Waals surface area contributed by atoms with Crippen molar-refractivity contribution in [2.75, 3.05) is 0 Å². The fourth-order valence-electron chi connectivity index (χ4n) is 1.28. The number of carbonyl (C=O) groups is 1. The summed E-state index contributed by atoms with van der Waals surface area (Å²) in [5.41, 5.74) is -0.0810. The maximum absolute atomic E-state index is 13.8. The Kier molecular flexibility index (Phi) is 3.88. The number of hydrogen-bond acceptors (Lipinski definition) is 2. The van der Waals surface area contributed by atoms with Gasteiger partial charge in [-0.25, -0.2) is 4.39 Å². The van der Waals surface area contributed by atoms with Crippen LogP contribution in [-0.2, 0) is 0 Å². The van der Waals surface area contributed by atoms with E-state index < -0.39 is 11.6 Å². The molecule has 6 heteroatoms. The Labute approximate surface area is 119 Å². The monoisotopic (exact) mass is 352 g/mol. The third kappa shape index (κ3) is 2.40. The highest BCUT2D eigenvalue weighted by Gasteiger charge is 2.20. The van der Waals surface area contributed by atoms with Gasteiger partial charge in [0.25, 0.3) is 0 Å². The summed E-state index contributed by atoms with van der Waals surface area (Å²) >= 11 is 15.8. The second-order valence-corrected chi connectivity index (χ2v) is 5.71. The van der Waals surface area contributed by atoms with Gasteiger partial charge in [0.2, 0.25) is 5.78 Å². The molecule has 0 aliphatic heterocycles. The fraction of sp³-hybridized carbons (Fsp3) is 0. The van der Waals surface area contributed by atoms with Crippen LogP contribution in [0.4, 0.5) is 4.39 Å². The van der Waals surface area contributed by atoms with Crippen LogP contribution >= 0.6 is 50.5 Å². The largest absolute Gasteiger partial charge is 0.288 e. The Balaban J connectivity index is 2.53. The van der Waals surface area contributed by atoms with Gasteiger partial charge in [-0.3, -0.25) is 4.79 Å². The van der Waals surface area contributed by atoms with Crippen molar-refractivity contribution in [3.05, 3.63) is 54.4 Å². The molecule has 1 nitrogen and oxygen atoms in total. The maximum Gasteiger partial charge on any atom is 0.207 e. The maximum atomic E-state index is 13.8. The molecule has 0 radical (unpaired) electrons. The van der Waals surface area contributed by atoms with Gasteiger partial charge in [0, 0.05) is 4.47 Å². The van der Waals surface area contributed by atoms with Crippen molar-refractivity contribution in [1.82, 2.24) is 0 Å². The van der Waals surface area contributed by atoms with E-state index >= 15 is 0 Å². The molecule has 88 valence electrons. The van der Waals surface area contributed by atoms with Gasteiger partial charge >= 0.3 is 0 Å². The van der Waals surface area contributed by atoms with Crippen molar-refractivity contribution in [2.24, 2.45) is 0 Å². The van der Waals surface area contributed by atoms with Crippen LogP contribution in [0.5, 0.6) is 0 Å². The predicted molar refractivity (Wildman–Crippen MR) is 71.9 cm³/mol. The van der Waals surface area contributed by atoms with E-state index in [2.05, 4.69) is 15.9 Å². The van der Waals surface area contributed by atoms with E-state index in [1.807, 2.05) is 0 Å². The van der Waals surface area contributed by atoms with E-state index in [0.29, 0.717) is 14.4 Å². The number of ketones is 1. The number of thiophene rings is 1. The molecule has 0 amide bonds. The molecule has 0 aliphatic rings. The summed E-state index contributed by atoms with van der Waals surface area (Å²) in [6.45, 7) is 0. The predicted octanol–water partition coefficient (Wildman–Crippen LogP) is 5.19. The minimum Gasteiger partial charge on any atom is -0.288 e. The van der Waals surface area contributed by atoms with Crippen molar-refractivity contribution in [3.8, 4) is 0 Å². The smallest absolute Gasteiger partial charge is 0.207 e. The summed E-state index contributed by atoms with van der Waals surface area (Å²) in [5.74, 6) is -1.20. The van der Waals surface area contributed by atoms with Crippen LogP contribution in [0.2, 0.25) is 10.0 Å². The Bertz CT molecular complexity index is 597. The van der Waals surface area contributed by atoms with Gasteiger partial charge in [0.1, 0.15) is 0 Å². The van der Waals surface area contributed by atoms with E-state index in [4.69, 9.17) is 23.2 Å². The molecular weight excluding hydrogens is 350 g/mol. The summed E-state index contributed by atoms with van der Waals surface area (Å²) in [4.78, 5) is 12.3. The minimum atomic E-state index is -0.740. The third-order valence-corrected chi connectivity index (χ3v) is 4.70. The topological polar surface area (TPSA) is 17.1 Å². The van der Waals surface area contributed by atoms with Crippen LogP contribution in [0.15, 0.2) is 28.1 Å². The molecule has 0 spiro atoms. The average Bonchev–Trinajstić information content (AvgIpc) is 2.72. The number of hydrogen-bond donors (Lipinski definition) is 0. The summed E-state index contributed by atoms with van der Waals surface area (Å²) in [6, 6.07) is 4.50. The first kappa shape index (κ1) is 13.0. The normalized spacial score (nSPS) is 10.6. The lowest BCUT2D eigenvalue weighted by Gasteiger charge is -2.04. The van der Waals surface area contributed by atoms with Crippen LogP contribution < -0.4 is 0 Å². The fourth-order valence-corrected chi connectivity index (χ4v) is 2.85.